The zero-order valence-electron chi connectivity index (χ0n) is 46.0. The Hall–Kier alpha value is -3.41. The molecule has 0 fully saturated rings. The van der Waals surface area contributed by atoms with Crippen molar-refractivity contribution in [2.75, 3.05) is 13.2 Å². The summed E-state index contributed by atoms with van der Waals surface area (Å²) in [5, 5.41) is 0. The second kappa shape index (κ2) is 58.2. The fourth-order valence-electron chi connectivity index (χ4n) is 8.26. The number of ether oxygens (including phenoxy) is 3. The smallest absolute Gasteiger partial charge is 0.310 e. The standard InChI is InChI=1S/C64H110O6/c1-4-7-10-13-16-19-21-23-25-26-27-28-29-30-31-32-33-34-35-36-37-38-40-41-43-45-48-51-54-57-63(66)69-60-61(59-68-62(65)56-53-50-47-18-15-12-9-6-3)70-64(67)58-55-52-49-46-44-42-39-24-22-20-17-14-11-8-5-2/h8,11,17,20-21,23-24,26-27,39,44,46,52,55,61H,4-7,9-10,12-16,18-19,22,25,28-38,40-43,45,47-51,53-54,56-60H2,1-3H3/b11-8-,20-17-,23-21-,27-26-,39-24-,46-44-,55-52-. The molecule has 0 aromatic heterocycles. The van der Waals surface area contributed by atoms with Gasteiger partial charge in [0.2, 0.25) is 0 Å². The normalized spacial score (nSPS) is 12.7. The molecule has 0 radical (unpaired) electrons. The Labute approximate surface area is 433 Å². The molecule has 0 aromatic carbocycles. The molecule has 0 saturated carbocycles. The first-order valence-corrected chi connectivity index (χ1v) is 29.6. The summed E-state index contributed by atoms with van der Waals surface area (Å²) in [6.45, 7) is 6.41. The van der Waals surface area contributed by atoms with Crippen molar-refractivity contribution < 1.29 is 28.6 Å². The van der Waals surface area contributed by atoms with Crippen LogP contribution in [0.2, 0.25) is 0 Å². The molecule has 1 atom stereocenters. The molecule has 0 bridgehead atoms. The van der Waals surface area contributed by atoms with Gasteiger partial charge in [0.05, 0.1) is 6.42 Å². The lowest BCUT2D eigenvalue weighted by atomic mass is 10.0. The first-order chi connectivity index (χ1) is 34.5. The Balaban J connectivity index is 4.16. The summed E-state index contributed by atoms with van der Waals surface area (Å²) in [6, 6.07) is 0. The quantitative estimate of drug-likeness (QED) is 0.0261. The maximum atomic E-state index is 12.7. The molecule has 402 valence electrons. The molecule has 0 spiro atoms. The molecule has 0 aliphatic rings. The van der Waals surface area contributed by atoms with Gasteiger partial charge in [-0.3, -0.25) is 14.4 Å². The van der Waals surface area contributed by atoms with Crippen LogP contribution < -0.4 is 0 Å². The summed E-state index contributed by atoms with van der Waals surface area (Å²) in [7, 11) is 0. The van der Waals surface area contributed by atoms with Crippen LogP contribution in [0, 0.1) is 0 Å². The fraction of sp³-hybridized carbons (Fsp3) is 0.734. The minimum Gasteiger partial charge on any atom is -0.462 e. The van der Waals surface area contributed by atoms with Crippen LogP contribution in [0.3, 0.4) is 0 Å². The van der Waals surface area contributed by atoms with Crippen molar-refractivity contribution in [1.82, 2.24) is 0 Å². The van der Waals surface area contributed by atoms with Crippen molar-refractivity contribution in [3.05, 3.63) is 85.1 Å². The minimum atomic E-state index is -0.827. The summed E-state index contributed by atoms with van der Waals surface area (Å²) in [5.74, 6) is -1.04. The third-order valence-corrected chi connectivity index (χ3v) is 12.7. The van der Waals surface area contributed by atoms with Crippen LogP contribution in [0.5, 0.6) is 0 Å². The van der Waals surface area contributed by atoms with Gasteiger partial charge >= 0.3 is 17.9 Å². The lowest BCUT2D eigenvalue weighted by Gasteiger charge is -2.18. The van der Waals surface area contributed by atoms with Crippen LogP contribution in [0.1, 0.15) is 284 Å². The second-order valence-corrected chi connectivity index (χ2v) is 19.5. The number of hydrogen-bond donors (Lipinski definition) is 0. The zero-order chi connectivity index (χ0) is 50.7. The van der Waals surface area contributed by atoms with Crippen molar-refractivity contribution in [2.45, 2.75) is 290 Å². The van der Waals surface area contributed by atoms with E-state index in [-0.39, 0.29) is 31.6 Å². The molecule has 70 heavy (non-hydrogen) atoms. The van der Waals surface area contributed by atoms with E-state index in [0.717, 1.165) is 77.0 Å². The van der Waals surface area contributed by atoms with Crippen LogP contribution in [0.25, 0.3) is 0 Å². The lowest BCUT2D eigenvalue weighted by molar-refractivity contribution is -0.166. The van der Waals surface area contributed by atoms with Gasteiger partial charge in [-0.15, -0.1) is 0 Å². The average molecular weight is 976 g/mol. The van der Waals surface area contributed by atoms with E-state index < -0.39 is 12.1 Å². The van der Waals surface area contributed by atoms with E-state index in [1.165, 1.54) is 167 Å². The van der Waals surface area contributed by atoms with Gasteiger partial charge in [-0.25, -0.2) is 0 Å². The summed E-state index contributed by atoms with van der Waals surface area (Å²) in [4.78, 5) is 37.9. The molecule has 0 aliphatic heterocycles. The monoisotopic (exact) mass is 975 g/mol. The molecule has 1 unspecified atom stereocenters. The maximum Gasteiger partial charge on any atom is 0.310 e. The molecule has 0 N–H and O–H groups in total. The summed E-state index contributed by atoms with van der Waals surface area (Å²) >= 11 is 0. The van der Waals surface area contributed by atoms with Crippen molar-refractivity contribution in [2.24, 2.45) is 0 Å². The first kappa shape index (κ1) is 66.6. The zero-order valence-corrected chi connectivity index (χ0v) is 46.0. The van der Waals surface area contributed by atoms with E-state index in [2.05, 4.69) is 93.7 Å². The van der Waals surface area contributed by atoms with Crippen LogP contribution in [-0.4, -0.2) is 37.2 Å². The predicted molar refractivity (Wildman–Crippen MR) is 302 cm³/mol. The van der Waals surface area contributed by atoms with E-state index in [4.69, 9.17) is 14.2 Å². The molecule has 0 amide bonds. The molecule has 6 nitrogen and oxygen atoms in total. The van der Waals surface area contributed by atoms with Crippen LogP contribution in [-0.2, 0) is 28.6 Å². The molecular weight excluding hydrogens is 865 g/mol. The van der Waals surface area contributed by atoms with Gasteiger partial charge in [0.1, 0.15) is 13.2 Å². The highest BCUT2D eigenvalue weighted by molar-refractivity contribution is 5.72. The van der Waals surface area contributed by atoms with Crippen LogP contribution in [0.4, 0.5) is 0 Å². The number of esters is 3. The van der Waals surface area contributed by atoms with Gasteiger partial charge < -0.3 is 14.2 Å². The van der Waals surface area contributed by atoms with E-state index in [0.29, 0.717) is 12.8 Å². The molecule has 0 heterocycles. The maximum absolute atomic E-state index is 12.7. The number of carbonyl (C=O) groups is 3. The fourth-order valence-corrected chi connectivity index (χ4v) is 8.26. The molecule has 6 heteroatoms. The Kier molecular flexibility index (Phi) is 55.3. The Morgan fingerprint density at radius 3 is 0.943 bits per heavy atom. The highest BCUT2D eigenvalue weighted by atomic mass is 16.6. The number of unbranched alkanes of at least 4 members (excludes halogenated alkanes) is 29. The first-order valence-electron chi connectivity index (χ1n) is 29.6. The van der Waals surface area contributed by atoms with Gasteiger partial charge in [0, 0.05) is 12.8 Å². The van der Waals surface area contributed by atoms with Crippen molar-refractivity contribution >= 4 is 17.9 Å². The molecule has 0 saturated heterocycles. The van der Waals surface area contributed by atoms with Crippen molar-refractivity contribution in [3.8, 4) is 0 Å². The van der Waals surface area contributed by atoms with Crippen LogP contribution >= 0.6 is 0 Å². The number of rotatable bonds is 53. The average Bonchev–Trinajstić information content (AvgIpc) is 3.36. The van der Waals surface area contributed by atoms with Gasteiger partial charge in [-0.1, -0.05) is 273 Å². The van der Waals surface area contributed by atoms with Crippen molar-refractivity contribution in [1.29, 1.82) is 0 Å². The topological polar surface area (TPSA) is 78.9 Å². The summed E-state index contributed by atoms with van der Waals surface area (Å²) in [5.41, 5.74) is 0. The Bertz CT molecular complexity index is 1350. The van der Waals surface area contributed by atoms with Gasteiger partial charge in [-0.05, 0) is 77.0 Å². The van der Waals surface area contributed by atoms with Gasteiger partial charge in [0.15, 0.2) is 6.10 Å². The lowest BCUT2D eigenvalue weighted by Crippen LogP contribution is -2.30. The van der Waals surface area contributed by atoms with E-state index in [1.807, 2.05) is 6.08 Å². The number of carbonyl (C=O) groups excluding carboxylic acids is 3. The number of hydrogen-bond acceptors (Lipinski definition) is 6. The molecule has 0 rings (SSSR count). The Morgan fingerprint density at radius 1 is 0.314 bits per heavy atom. The second-order valence-electron chi connectivity index (χ2n) is 19.5. The summed E-state index contributed by atoms with van der Waals surface area (Å²) in [6.07, 6.45) is 76.4. The molecular formula is C64H110O6. The van der Waals surface area contributed by atoms with Crippen molar-refractivity contribution in [3.63, 3.8) is 0 Å². The third-order valence-electron chi connectivity index (χ3n) is 12.7. The Morgan fingerprint density at radius 2 is 0.600 bits per heavy atom. The van der Waals surface area contributed by atoms with Crippen LogP contribution in [0.15, 0.2) is 85.1 Å². The third kappa shape index (κ3) is 55.5. The highest BCUT2D eigenvalue weighted by Gasteiger charge is 2.19. The minimum absolute atomic E-state index is 0.0986. The van der Waals surface area contributed by atoms with Gasteiger partial charge in [0.25, 0.3) is 0 Å². The highest BCUT2D eigenvalue weighted by Crippen LogP contribution is 2.16. The largest absolute Gasteiger partial charge is 0.462 e. The molecule has 0 aliphatic carbocycles. The summed E-state index contributed by atoms with van der Waals surface area (Å²) < 4.78 is 16.7. The SMILES string of the molecule is CC/C=C\C/C=C\C/C=C\C/C=C\C/C=C\CC(=O)OC(COC(=O)CCCCCCCCCC)COC(=O)CCCCCCCCCCCCCCCCCCC/C=C\C/C=C\CCCCCCC. The van der Waals surface area contributed by atoms with E-state index in [9.17, 15) is 14.4 Å². The van der Waals surface area contributed by atoms with Gasteiger partial charge in [-0.2, -0.15) is 0 Å². The molecule has 0 aromatic rings. The van der Waals surface area contributed by atoms with E-state index in [1.54, 1.807) is 6.08 Å². The van der Waals surface area contributed by atoms with E-state index >= 15 is 0 Å². The number of allylic oxidation sites excluding steroid dienone is 13. The predicted octanol–water partition coefficient (Wildman–Crippen LogP) is 19.9.